The van der Waals surface area contributed by atoms with Gasteiger partial charge in [0.15, 0.2) is 0 Å². The Morgan fingerprint density at radius 1 is 1.29 bits per heavy atom. The van der Waals surface area contributed by atoms with Gasteiger partial charge in [-0.05, 0) is 37.8 Å². The summed E-state index contributed by atoms with van der Waals surface area (Å²) in [6, 6.07) is 4.16. The van der Waals surface area contributed by atoms with Crippen LogP contribution in [0.3, 0.4) is 0 Å². The van der Waals surface area contributed by atoms with E-state index in [1.54, 1.807) is 0 Å². The molecule has 1 aromatic heterocycles. The van der Waals surface area contributed by atoms with E-state index in [9.17, 15) is 0 Å². The number of aliphatic hydroxyl groups is 1. The van der Waals surface area contributed by atoms with E-state index < -0.39 is 0 Å². The van der Waals surface area contributed by atoms with E-state index in [1.165, 1.54) is 12.1 Å². The molecule has 0 aromatic carbocycles. The predicted octanol–water partition coefficient (Wildman–Crippen LogP) is 2.59. The van der Waals surface area contributed by atoms with Gasteiger partial charge in [-0.25, -0.2) is 0 Å². The first kappa shape index (κ1) is 11.3. The van der Waals surface area contributed by atoms with Crippen molar-refractivity contribution >= 4 is 0 Å². The molecule has 80 valence electrons. The lowest BCUT2D eigenvalue weighted by molar-refractivity contribution is 0.270. The zero-order valence-electron chi connectivity index (χ0n) is 9.45. The molecule has 1 N–H and O–H groups in total. The molecule has 0 spiro atoms. The average molecular weight is 195 g/mol. The summed E-state index contributed by atoms with van der Waals surface area (Å²) in [7, 11) is 0. The summed E-state index contributed by atoms with van der Waals surface area (Å²) in [6.45, 7) is 7.71. The van der Waals surface area contributed by atoms with Gasteiger partial charge in [-0.2, -0.15) is 0 Å². The highest BCUT2D eigenvalue weighted by atomic mass is 16.3. The standard InChI is InChI=1S/C12H21NO/c1-4-13-11(6-5-10(2)3)7-8-12(13)9-14/h7-8,10,14H,4-6,9H2,1-3H3. The van der Waals surface area contributed by atoms with E-state index in [0.717, 1.165) is 24.6 Å². The van der Waals surface area contributed by atoms with Gasteiger partial charge in [-0.15, -0.1) is 0 Å². The Labute approximate surface area is 86.6 Å². The number of aromatic nitrogens is 1. The summed E-state index contributed by atoms with van der Waals surface area (Å²) in [6.07, 6.45) is 2.33. The number of hydrogen-bond acceptors (Lipinski definition) is 1. The largest absolute Gasteiger partial charge is 0.390 e. The highest BCUT2D eigenvalue weighted by Gasteiger charge is 2.06. The van der Waals surface area contributed by atoms with Crippen LogP contribution in [0.4, 0.5) is 0 Å². The van der Waals surface area contributed by atoms with Gasteiger partial charge in [0.2, 0.25) is 0 Å². The fraction of sp³-hybridized carbons (Fsp3) is 0.667. The Hall–Kier alpha value is -0.760. The van der Waals surface area contributed by atoms with Crippen LogP contribution in [-0.4, -0.2) is 9.67 Å². The summed E-state index contributed by atoms with van der Waals surface area (Å²) in [5, 5.41) is 9.12. The SMILES string of the molecule is CCn1c(CO)ccc1CCC(C)C. The molecule has 0 aliphatic rings. The van der Waals surface area contributed by atoms with Crippen molar-refractivity contribution in [2.75, 3.05) is 0 Å². The maximum absolute atomic E-state index is 9.12. The summed E-state index contributed by atoms with van der Waals surface area (Å²) in [5.74, 6) is 0.743. The molecule has 0 fully saturated rings. The minimum atomic E-state index is 0.148. The van der Waals surface area contributed by atoms with Crippen LogP contribution in [0.15, 0.2) is 12.1 Å². The number of rotatable bonds is 5. The second-order valence-electron chi connectivity index (χ2n) is 4.15. The highest BCUT2D eigenvalue weighted by Crippen LogP contribution is 2.14. The third-order valence-electron chi connectivity index (χ3n) is 2.62. The fourth-order valence-corrected chi connectivity index (χ4v) is 1.76. The third-order valence-corrected chi connectivity index (χ3v) is 2.62. The quantitative estimate of drug-likeness (QED) is 0.767. The van der Waals surface area contributed by atoms with Gasteiger partial charge < -0.3 is 9.67 Å². The lowest BCUT2D eigenvalue weighted by Gasteiger charge is -2.10. The van der Waals surface area contributed by atoms with Crippen LogP contribution in [0.2, 0.25) is 0 Å². The van der Waals surface area contributed by atoms with Gasteiger partial charge in [0.25, 0.3) is 0 Å². The topological polar surface area (TPSA) is 25.2 Å². The molecule has 0 saturated carbocycles. The zero-order chi connectivity index (χ0) is 10.6. The van der Waals surface area contributed by atoms with Crippen molar-refractivity contribution < 1.29 is 5.11 Å². The van der Waals surface area contributed by atoms with Crippen LogP contribution >= 0.6 is 0 Å². The number of aryl methyl sites for hydroxylation is 1. The maximum Gasteiger partial charge on any atom is 0.0832 e. The minimum Gasteiger partial charge on any atom is -0.390 e. The van der Waals surface area contributed by atoms with Gasteiger partial charge in [0, 0.05) is 17.9 Å². The predicted molar refractivity (Wildman–Crippen MR) is 59.2 cm³/mol. The minimum absolute atomic E-state index is 0.148. The molecule has 0 atom stereocenters. The van der Waals surface area contributed by atoms with Crippen LogP contribution in [0.1, 0.15) is 38.6 Å². The molecule has 0 saturated heterocycles. The average Bonchev–Trinajstić information content (AvgIpc) is 2.56. The van der Waals surface area contributed by atoms with Crippen molar-refractivity contribution in [3.05, 3.63) is 23.5 Å². The molecule has 0 unspecified atom stereocenters. The molecule has 14 heavy (non-hydrogen) atoms. The van der Waals surface area contributed by atoms with Crippen LogP contribution in [0.5, 0.6) is 0 Å². The molecule has 1 aromatic rings. The second kappa shape index (κ2) is 5.20. The van der Waals surface area contributed by atoms with Crippen molar-refractivity contribution in [1.82, 2.24) is 4.57 Å². The van der Waals surface area contributed by atoms with Gasteiger partial charge in [-0.1, -0.05) is 13.8 Å². The summed E-state index contributed by atoms with van der Waals surface area (Å²) < 4.78 is 2.21. The zero-order valence-corrected chi connectivity index (χ0v) is 9.45. The molecule has 2 heteroatoms. The van der Waals surface area contributed by atoms with Crippen molar-refractivity contribution in [3.8, 4) is 0 Å². The Balaban J connectivity index is 2.71. The first-order valence-electron chi connectivity index (χ1n) is 5.47. The lowest BCUT2D eigenvalue weighted by Crippen LogP contribution is -2.06. The van der Waals surface area contributed by atoms with Crippen molar-refractivity contribution in [2.24, 2.45) is 5.92 Å². The Morgan fingerprint density at radius 2 is 1.93 bits per heavy atom. The number of aliphatic hydroxyl groups excluding tert-OH is 1. The number of hydrogen-bond donors (Lipinski definition) is 1. The van der Waals surface area contributed by atoms with Crippen LogP contribution in [0.25, 0.3) is 0 Å². The van der Waals surface area contributed by atoms with Gasteiger partial charge in [-0.3, -0.25) is 0 Å². The molecule has 2 nitrogen and oxygen atoms in total. The Morgan fingerprint density at radius 3 is 2.43 bits per heavy atom. The molecule has 1 heterocycles. The molecule has 0 radical (unpaired) electrons. The van der Waals surface area contributed by atoms with Gasteiger partial charge in [0.1, 0.15) is 0 Å². The summed E-state index contributed by atoms with van der Waals surface area (Å²) in [4.78, 5) is 0. The molecule has 0 bridgehead atoms. The molecular weight excluding hydrogens is 174 g/mol. The molecule has 0 amide bonds. The van der Waals surface area contributed by atoms with E-state index in [1.807, 2.05) is 6.07 Å². The van der Waals surface area contributed by atoms with Gasteiger partial charge >= 0.3 is 0 Å². The van der Waals surface area contributed by atoms with Crippen LogP contribution in [0, 0.1) is 5.92 Å². The van der Waals surface area contributed by atoms with E-state index in [-0.39, 0.29) is 6.61 Å². The molecule has 0 aliphatic carbocycles. The second-order valence-corrected chi connectivity index (χ2v) is 4.15. The molecular formula is C12H21NO. The van der Waals surface area contributed by atoms with E-state index >= 15 is 0 Å². The summed E-state index contributed by atoms with van der Waals surface area (Å²) in [5.41, 5.74) is 2.39. The van der Waals surface area contributed by atoms with E-state index in [2.05, 4.69) is 31.4 Å². The highest BCUT2D eigenvalue weighted by molar-refractivity contribution is 5.16. The third kappa shape index (κ3) is 2.61. The monoisotopic (exact) mass is 195 g/mol. The fourth-order valence-electron chi connectivity index (χ4n) is 1.76. The van der Waals surface area contributed by atoms with Gasteiger partial charge in [0.05, 0.1) is 6.61 Å². The van der Waals surface area contributed by atoms with Crippen LogP contribution < -0.4 is 0 Å². The van der Waals surface area contributed by atoms with Crippen LogP contribution in [-0.2, 0) is 19.6 Å². The maximum atomic E-state index is 9.12. The number of nitrogens with zero attached hydrogens (tertiary/aromatic N) is 1. The summed E-state index contributed by atoms with van der Waals surface area (Å²) >= 11 is 0. The first-order chi connectivity index (χ1) is 6.69. The molecule has 0 aliphatic heterocycles. The van der Waals surface area contributed by atoms with Crippen molar-refractivity contribution in [2.45, 2.75) is 46.8 Å². The van der Waals surface area contributed by atoms with Crippen molar-refractivity contribution in [1.29, 1.82) is 0 Å². The lowest BCUT2D eigenvalue weighted by atomic mass is 10.1. The Kier molecular flexibility index (Phi) is 4.21. The normalized spacial score (nSPS) is 11.2. The molecule has 1 rings (SSSR count). The van der Waals surface area contributed by atoms with E-state index in [4.69, 9.17) is 5.11 Å². The first-order valence-corrected chi connectivity index (χ1v) is 5.47. The van der Waals surface area contributed by atoms with E-state index in [0.29, 0.717) is 0 Å². The Bertz CT molecular complexity index is 276. The van der Waals surface area contributed by atoms with Crippen molar-refractivity contribution in [3.63, 3.8) is 0 Å². The smallest absolute Gasteiger partial charge is 0.0832 e.